The van der Waals surface area contributed by atoms with Crippen LogP contribution in [0.2, 0.25) is 0 Å². The van der Waals surface area contributed by atoms with E-state index in [0.29, 0.717) is 51.9 Å². The molecule has 6 nitrogen and oxygen atoms in total. The lowest BCUT2D eigenvalue weighted by atomic mass is 10.1. The predicted molar refractivity (Wildman–Crippen MR) is 129 cm³/mol. The molecule has 3 aromatic rings. The smallest absolute Gasteiger partial charge is 0.255 e. The van der Waals surface area contributed by atoms with E-state index in [0.717, 1.165) is 12.2 Å². The van der Waals surface area contributed by atoms with Crippen molar-refractivity contribution in [2.24, 2.45) is 0 Å². The van der Waals surface area contributed by atoms with Gasteiger partial charge in [-0.1, -0.05) is 6.92 Å². The molecule has 0 heterocycles. The fraction of sp³-hybridized carbons (Fsp3) is 0.240. The van der Waals surface area contributed by atoms with Crippen molar-refractivity contribution >= 4 is 27.5 Å². The van der Waals surface area contributed by atoms with Crippen LogP contribution in [0.4, 0.5) is 5.69 Å². The summed E-state index contributed by atoms with van der Waals surface area (Å²) in [7, 11) is 1.62. The highest BCUT2D eigenvalue weighted by Crippen LogP contribution is 2.37. The molecule has 7 heteroatoms. The maximum Gasteiger partial charge on any atom is 0.255 e. The van der Waals surface area contributed by atoms with E-state index in [9.17, 15) is 4.79 Å². The molecule has 3 rings (SSSR count). The van der Waals surface area contributed by atoms with Crippen LogP contribution in [0.1, 0.15) is 30.6 Å². The standard InChI is InChI=1S/C25H26BrNO5/c1-4-14-31-24-22(26)15-17(16-23(24)30-5-2)25(28)27-18-6-8-20(9-7-18)32-21-12-10-19(29-3)11-13-21/h6-13,15-16H,4-5,14H2,1-3H3,(H,27,28). The van der Waals surface area contributed by atoms with E-state index >= 15 is 0 Å². The van der Waals surface area contributed by atoms with Gasteiger partial charge in [0.1, 0.15) is 17.2 Å². The van der Waals surface area contributed by atoms with E-state index in [1.165, 1.54) is 0 Å². The summed E-state index contributed by atoms with van der Waals surface area (Å²) in [6.07, 6.45) is 0.873. The Balaban J connectivity index is 1.69. The van der Waals surface area contributed by atoms with Gasteiger partial charge in [-0.25, -0.2) is 0 Å². The summed E-state index contributed by atoms with van der Waals surface area (Å²) in [5, 5.41) is 2.90. The Kier molecular flexibility index (Phi) is 8.39. The Labute approximate surface area is 196 Å². The third-order valence-corrected chi connectivity index (χ3v) is 5.02. The zero-order chi connectivity index (χ0) is 22.9. The van der Waals surface area contributed by atoms with Gasteiger partial charge in [0, 0.05) is 11.3 Å². The summed E-state index contributed by atoms with van der Waals surface area (Å²) in [6, 6.07) is 17.9. The molecule has 0 radical (unpaired) electrons. The van der Waals surface area contributed by atoms with E-state index in [1.807, 2.05) is 38.1 Å². The monoisotopic (exact) mass is 499 g/mol. The summed E-state index contributed by atoms with van der Waals surface area (Å²) in [5.74, 6) is 3.00. The second-order valence-electron chi connectivity index (χ2n) is 6.82. The molecule has 0 aliphatic heterocycles. The number of rotatable bonds is 10. The Morgan fingerprint density at radius 2 is 1.53 bits per heavy atom. The number of benzene rings is 3. The molecule has 32 heavy (non-hydrogen) atoms. The van der Waals surface area contributed by atoms with Crippen molar-refractivity contribution < 1.29 is 23.7 Å². The molecule has 1 amide bonds. The molecule has 3 aromatic carbocycles. The maximum atomic E-state index is 12.8. The molecule has 0 atom stereocenters. The second-order valence-corrected chi connectivity index (χ2v) is 7.68. The highest BCUT2D eigenvalue weighted by Gasteiger charge is 2.16. The third kappa shape index (κ3) is 6.17. The molecule has 0 aliphatic carbocycles. The van der Waals surface area contributed by atoms with Crippen molar-refractivity contribution in [2.45, 2.75) is 20.3 Å². The Morgan fingerprint density at radius 3 is 2.12 bits per heavy atom. The summed E-state index contributed by atoms with van der Waals surface area (Å²) in [5.41, 5.74) is 1.11. The average molecular weight is 500 g/mol. The van der Waals surface area contributed by atoms with Crippen molar-refractivity contribution in [2.75, 3.05) is 25.6 Å². The minimum Gasteiger partial charge on any atom is -0.497 e. The molecule has 0 aliphatic rings. The lowest BCUT2D eigenvalue weighted by molar-refractivity contribution is 0.102. The SMILES string of the molecule is CCCOc1c(Br)cc(C(=O)Nc2ccc(Oc3ccc(OC)cc3)cc2)cc1OCC. The van der Waals surface area contributed by atoms with Gasteiger partial charge in [0.05, 0.1) is 24.8 Å². The number of anilines is 1. The number of amides is 1. The number of nitrogens with one attached hydrogen (secondary N) is 1. The molecular formula is C25H26BrNO5. The van der Waals surface area contributed by atoms with Gasteiger partial charge in [-0.15, -0.1) is 0 Å². The minimum atomic E-state index is -0.252. The topological polar surface area (TPSA) is 66.0 Å². The van der Waals surface area contributed by atoms with Crippen LogP contribution < -0.4 is 24.3 Å². The van der Waals surface area contributed by atoms with Crippen molar-refractivity contribution in [1.29, 1.82) is 0 Å². The molecule has 168 valence electrons. The first kappa shape index (κ1) is 23.5. The number of hydrogen-bond donors (Lipinski definition) is 1. The molecule has 0 saturated heterocycles. The zero-order valence-electron chi connectivity index (χ0n) is 18.3. The highest BCUT2D eigenvalue weighted by molar-refractivity contribution is 9.10. The van der Waals surface area contributed by atoms with Gasteiger partial charge in [0.2, 0.25) is 0 Å². The van der Waals surface area contributed by atoms with Crippen molar-refractivity contribution in [1.82, 2.24) is 0 Å². The molecule has 1 N–H and O–H groups in total. The quantitative estimate of drug-likeness (QED) is 0.336. The van der Waals surface area contributed by atoms with Crippen molar-refractivity contribution in [3.05, 3.63) is 70.7 Å². The molecule has 0 saturated carbocycles. The van der Waals surface area contributed by atoms with Crippen LogP contribution in [0.25, 0.3) is 0 Å². The lowest BCUT2D eigenvalue weighted by Crippen LogP contribution is -2.12. The van der Waals surface area contributed by atoms with Crippen LogP contribution in [-0.2, 0) is 0 Å². The van der Waals surface area contributed by atoms with Gasteiger partial charge in [0.15, 0.2) is 11.5 Å². The molecular weight excluding hydrogens is 474 g/mol. The number of ether oxygens (including phenoxy) is 4. The minimum absolute atomic E-state index is 0.252. The normalized spacial score (nSPS) is 10.4. The molecule has 0 spiro atoms. The summed E-state index contributed by atoms with van der Waals surface area (Å²) in [6.45, 7) is 4.95. The highest BCUT2D eigenvalue weighted by atomic mass is 79.9. The van der Waals surface area contributed by atoms with Crippen molar-refractivity contribution in [3.63, 3.8) is 0 Å². The number of halogens is 1. The van der Waals surface area contributed by atoms with Gasteiger partial charge >= 0.3 is 0 Å². The van der Waals surface area contributed by atoms with Crippen LogP contribution in [0.15, 0.2) is 65.1 Å². The maximum absolute atomic E-state index is 12.8. The molecule has 0 fully saturated rings. The van der Waals surface area contributed by atoms with E-state index in [4.69, 9.17) is 18.9 Å². The van der Waals surface area contributed by atoms with Crippen LogP contribution in [-0.4, -0.2) is 26.2 Å². The zero-order valence-corrected chi connectivity index (χ0v) is 19.9. The van der Waals surface area contributed by atoms with Crippen molar-refractivity contribution in [3.8, 4) is 28.7 Å². The van der Waals surface area contributed by atoms with Gasteiger partial charge < -0.3 is 24.3 Å². The number of carbonyl (C=O) groups is 1. The first-order valence-electron chi connectivity index (χ1n) is 10.4. The molecule has 0 unspecified atom stereocenters. The van der Waals surface area contributed by atoms with Crippen LogP contribution >= 0.6 is 15.9 Å². The van der Waals surface area contributed by atoms with Gasteiger partial charge in [-0.05, 0) is 89.9 Å². The van der Waals surface area contributed by atoms with Crippen LogP contribution in [0.3, 0.4) is 0 Å². The van der Waals surface area contributed by atoms with E-state index in [1.54, 1.807) is 43.5 Å². The number of carbonyl (C=O) groups excluding carboxylic acids is 1. The Morgan fingerprint density at radius 1 is 0.906 bits per heavy atom. The lowest BCUT2D eigenvalue weighted by Gasteiger charge is -2.15. The second kappa shape index (κ2) is 11.4. The first-order valence-corrected chi connectivity index (χ1v) is 11.2. The van der Waals surface area contributed by atoms with Gasteiger partial charge in [0.25, 0.3) is 5.91 Å². The summed E-state index contributed by atoms with van der Waals surface area (Å²) >= 11 is 3.49. The van der Waals surface area contributed by atoms with E-state index in [-0.39, 0.29) is 5.91 Å². The predicted octanol–water partition coefficient (Wildman–Crippen LogP) is 6.69. The Hall–Kier alpha value is -3.19. The van der Waals surface area contributed by atoms with E-state index in [2.05, 4.69) is 21.2 Å². The molecule has 0 aromatic heterocycles. The number of methoxy groups -OCH3 is 1. The average Bonchev–Trinajstić information content (AvgIpc) is 2.80. The summed E-state index contributed by atoms with van der Waals surface area (Å²) < 4.78 is 23.1. The fourth-order valence-corrected chi connectivity index (χ4v) is 3.45. The molecule has 0 bridgehead atoms. The van der Waals surface area contributed by atoms with E-state index < -0.39 is 0 Å². The Bertz CT molecular complexity index is 1040. The van der Waals surface area contributed by atoms with Crippen LogP contribution in [0, 0.1) is 0 Å². The summed E-state index contributed by atoms with van der Waals surface area (Å²) in [4.78, 5) is 12.8. The fourth-order valence-electron chi connectivity index (χ4n) is 2.90. The van der Waals surface area contributed by atoms with Gasteiger partial charge in [-0.2, -0.15) is 0 Å². The first-order chi connectivity index (χ1) is 15.5. The largest absolute Gasteiger partial charge is 0.497 e. The van der Waals surface area contributed by atoms with Crippen LogP contribution in [0.5, 0.6) is 28.7 Å². The number of hydrogen-bond acceptors (Lipinski definition) is 5. The van der Waals surface area contributed by atoms with Gasteiger partial charge in [-0.3, -0.25) is 4.79 Å². The third-order valence-electron chi connectivity index (χ3n) is 4.43.